The van der Waals surface area contributed by atoms with Gasteiger partial charge in [-0.15, -0.1) is 0 Å². The number of rotatable bonds is 13. The second kappa shape index (κ2) is 13.7. The topological polar surface area (TPSA) is 137 Å². The van der Waals surface area contributed by atoms with E-state index in [1.165, 1.54) is 4.90 Å². The lowest BCUT2D eigenvalue weighted by atomic mass is 9.87. The monoisotopic (exact) mass is 478 g/mol. The Morgan fingerprint density at radius 2 is 2.00 bits per heavy atom. The largest absolute Gasteiger partial charge is 0.337 e. The average Bonchev–Trinajstić information content (AvgIpc) is 3.46. The molecule has 1 aromatic rings. The average molecular weight is 479 g/mol. The van der Waals surface area contributed by atoms with Crippen molar-refractivity contribution in [3.05, 3.63) is 18.2 Å². The van der Waals surface area contributed by atoms with E-state index in [9.17, 15) is 24.4 Å². The summed E-state index contributed by atoms with van der Waals surface area (Å²) in [5, 5.41) is 15.2. The summed E-state index contributed by atoms with van der Waals surface area (Å²) < 4.78 is 1.76. The summed E-state index contributed by atoms with van der Waals surface area (Å²) >= 11 is 0. The molecule has 2 heterocycles. The maximum Gasteiger partial charge on any atom is 0.321 e. The molecule has 0 aliphatic carbocycles. The van der Waals surface area contributed by atoms with Crippen molar-refractivity contribution in [2.75, 3.05) is 13.1 Å². The Kier molecular flexibility index (Phi) is 11.0. The van der Waals surface area contributed by atoms with E-state index in [4.69, 9.17) is 0 Å². The molecule has 0 radical (unpaired) electrons. The van der Waals surface area contributed by atoms with Gasteiger partial charge in [-0.25, -0.2) is 14.8 Å². The molecule has 3 N–H and O–H groups in total. The first-order valence-corrected chi connectivity index (χ1v) is 12.1. The molecule has 11 nitrogen and oxygen atoms in total. The SMILES string of the molecule is CCCC(CCC)CC(CN(O)C=O)C(=O)N1CCCC1C(=O)NC(=O)NCc1nccn1C. The van der Waals surface area contributed by atoms with E-state index in [1.807, 2.05) is 0 Å². The number of aromatic nitrogens is 2. The van der Waals surface area contributed by atoms with Crippen molar-refractivity contribution in [3.8, 4) is 0 Å². The number of carbonyl (C=O) groups excluding carboxylic acids is 4. The minimum Gasteiger partial charge on any atom is -0.337 e. The molecular formula is C23H38N6O5. The van der Waals surface area contributed by atoms with Crippen LogP contribution in [0.5, 0.6) is 0 Å². The maximum absolute atomic E-state index is 13.4. The number of likely N-dealkylation sites (tertiary alicyclic amines) is 1. The molecule has 34 heavy (non-hydrogen) atoms. The van der Waals surface area contributed by atoms with Crippen LogP contribution < -0.4 is 10.6 Å². The molecule has 11 heteroatoms. The standard InChI is InChI=1S/C23H38N6O5/c1-4-7-17(8-5-2)13-18(15-28(34)16-30)22(32)29-11-6-9-19(29)21(31)26-23(33)25-14-20-24-10-12-27(20)3/h10,12,16-19,34H,4-9,11,13-15H2,1-3H3,(H2,25,26,31,33). The molecule has 1 aromatic heterocycles. The number of hydrogen-bond donors (Lipinski definition) is 3. The van der Waals surface area contributed by atoms with Crippen LogP contribution in [0, 0.1) is 11.8 Å². The highest BCUT2D eigenvalue weighted by Gasteiger charge is 2.38. The Morgan fingerprint density at radius 3 is 2.59 bits per heavy atom. The summed E-state index contributed by atoms with van der Waals surface area (Å²) in [6.45, 7) is 4.60. The quantitative estimate of drug-likeness (QED) is 0.225. The van der Waals surface area contributed by atoms with Gasteiger partial charge in [0.25, 0.3) is 5.91 Å². The first-order valence-electron chi connectivity index (χ1n) is 12.1. The van der Waals surface area contributed by atoms with Crippen molar-refractivity contribution < 1.29 is 24.4 Å². The highest BCUT2D eigenvalue weighted by molar-refractivity contribution is 5.99. The molecule has 0 spiro atoms. The Morgan fingerprint density at radius 1 is 1.29 bits per heavy atom. The number of carbonyl (C=O) groups is 4. The van der Waals surface area contributed by atoms with Gasteiger partial charge in [0.15, 0.2) is 0 Å². The molecule has 190 valence electrons. The number of nitrogens with zero attached hydrogens (tertiary/aromatic N) is 4. The summed E-state index contributed by atoms with van der Waals surface area (Å²) in [5.74, 6) is -0.513. The predicted octanol–water partition coefficient (Wildman–Crippen LogP) is 1.81. The summed E-state index contributed by atoms with van der Waals surface area (Å²) in [5.41, 5.74) is 0. The number of hydrogen-bond acceptors (Lipinski definition) is 6. The number of nitrogens with one attached hydrogen (secondary N) is 2. The molecule has 0 bridgehead atoms. The summed E-state index contributed by atoms with van der Waals surface area (Å²) in [6.07, 6.45) is 9.11. The molecule has 1 aliphatic rings. The van der Waals surface area contributed by atoms with Crippen molar-refractivity contribution in [3.63, 3.8) is 0 Å². The van der Waals surface area contributed by atoms with Crippen LogP contribution in [-0.4, -0.2) is 68.1 Å². The summed E-state index contributed by atoms with van der Waals surface area (Å²) in [7, 11) is 1.80. The zero-order valence-corrected chi connectivity index (χ0v) is 20.4. The number of imidazole rings is 1. The van der Waals surface area contributed by atoms with Gasteiger partial charge in [-0.05, 0) is 25.2 Å². The fraction of sp³-hybridized carbons (Fsp3) is 0.696. The molecule has 1 fully saturated rings. The Balaban J connectivity index is 2.03. The number of amides is 5. The van der Waals surface area contributed by atoms with Crippen LogP contribution in [0.3, 0.4) is 0 Å². The van der Waals surface area contributed by atoms with E-state index in [0.29, 0.717) is 36.7 Å². The van der Waals surface area contributed by atoms with E-state index in [2.05, 4.69) is 29.5 Å². The molecule has 2 rings (SSSR count). The lowest BCUT2D eigenvalue weighted by Crippen LogP contribution is -2.52. The van der Waals surface area contributed by atoms with E-state index in [1.54, 1.807) is 24.0 Å². The van der Waals surface area contributed by atoms with Gasteiger partial charge in [0.2, 0.25) is 12.3 Å². The summed E-state index contributed by atoms with van der Waals surface area (Å²) in [4.78, 5) is 55.1. The Labute approximate surface area is 200 Å². The summed E-state index contributed by atoms with van der Waals surface area (Å²) in [6, 6.07) is -1.43. The van der Waals surface area contributed by atoms with Crippen molar-refractivity contribution in [1.82, 2.24) is 30.1 Å². The van der Waals surface area contributed by atoms with Crippen molar-refractivity contribution in [2.45, 2.75) is 71.4 Å². The van der Waals surface area contributed by atoms with Gasteiger partial charge in [0.05, 0.1) is 19.0 Å². The van der Waals surface area contributed by atoms with E-state index < -0.39 is 23.9 Å². The van der Waals surface area contributed by atoms with Crippen LogP contribution >= 0.6 is 0 Å². The fourth-order valence-corrected chi connectivity index (χ4v) is 4.62. The molecule has 1 saturated heterocycles. The van der Waals surface area contributed by atoms with E-state index >= 15 is 0 Å². The van der Waals surface area contributed by atoms with Gasteiger partial charge in [0.1, 0.15) is 11.9 Å². The number of imide groups is 1. The molecular weight excluding hydrogens is 440 g/mol. The van der Waals surface area contributed by atoms with Gasteiger partial charge in [0, 0.05) is 26.0 Å². The highest BCUT2D eigenvalue weighted by Crippen LogP contribution is 2.27. The second-order valence-electron chi connectivity index (χ2n) is 8.92. The third-order valence-electron chi connectivity index (χ3n) is 6.29. The molecule has 2 unspecified atom stereocenters. The van der Waals surface area contributed by atoms with Crippen LogP contribution in [0.15, 0.2) is 12.4 Å². The first kappa shape index (κ1) is 27.3. The van der Waals surface area contributed by atoms with Crippen LogP contribution in [0.4, 0.5) is 4.79 Å². The minimum atomic E-state index is -0.770. The number of urea groups is 1. The lowest BCUT2D eigenvalue weighted by Gasteiger charge is -2.31. The molecule has 1 aliphatic heterocycles. The molecule has 0 saturated carbocycles. The smallest absolute Gasteiger partial charge is 0.321 e. The van der Waals surface area contributed by atoms with Gasteiger partial charge in [-0.2, -0.15) is 0 Å². The Hall–Kier alpha value is -2.95. The van der Waals surface area contributed by atoms with Crippen LogP contribution in [-0.2, 0) is 28.0 Å². The zero-order valence-electron chi connectivity index (χ0n) is 20.4. The minimum absolute atomic E-state index is 0.124. The number of aryl methyl sites for hydroxylation is 1. The van der Waals surface area contributed by atoms with Gasteiger partial charge >= 0.3 is 6.03 Å². The Bertz CT molecular complexity index is 823. The van der Waals surface area contributed by atoms with Gasteiger partial charge in [-0.3, -0.25) is 24.9 Å². The second-order valence-corrected chi connectivity index (χ2v) is 8.92. The van der Waals surface area contributed by atoms with Gasteiger partial charge in [-0.1, -0.05) is 39.5 Å². The first-order chi connectivity index (χ1) is 16.3. The molecule has 5 amide bonds. The number of hydroxylamine groups is 2. The normalized spacial score (nSPS) is 16.4. The molecule has 2 atom stereocenters. The third-order valence-corrected chi connectivity index (χ3v) is 6.29. The zero-order chi connectivity index (χ0) is 25.1. The highest BCUT2D eigenvalue weighted by atomic mass is 16.5. The maximum atomic E-state index is 13.4. The van der Waals surface area contributed by atoms with Crippen molar-refractivity contribution in [1.29, 1.82) is 0 Å². The van der Waals surface area contributed by atoms with Crippen LogP contribution in [0.25, 0.3) is 0 Å². The lowest BCUT2D eigenvalue weighted by molar-refractivity contribution is -0.158. The van der Waals surface area contributed by atoms with Crippen molar-refractivity contribution in [2.24, 2.45) is 18.9 Å². The predicted molar refractivity (Wildman–Crippen MR) is 124 cm³/mol. The fourth-order valence-electron chi connectivity index (χ4n) is 4.62. The molecule has 0 aromatic carbocycles. The van der Waals surface area contributed by atoms with E-state index in [-0.39, 0.29) is 31.3 Å². The third kappa shape index (κ3) is 7.82. The van der Waals surface area contributed by atoms with E-state index in [0.717, 1.165) is 25.7 Å². The van der Waals surface area contributed by atoms with Crippen LogP contribution in [0.1, 0.15) is 64.6 Å². The van der Waals surface area contributed by atoms with Gasteiger partial charge < -0.3 is 14.8 Å². The van der Waals surface area contributed by atoms with Crippen molar-refractivity contribution >= 4 is 24.3 Å². The van der Waals surface area contributed by atoms with Crippen LogP contribution in [0.2, 0.25) is 0 Å².